The molecule has 0 N–H and O–H groups in total. The van der Waals surface area contributed by atoms with Crippen LogP contribution < -0.4 is 0 Å². The summed E-state index contributed by atoms with van der Waals surface area (Å²) in [5, 5.41) is 8.18. The van der Waals surface area contributed by atoms with E-state index in [0.717, 1.165) is 61.1 Å². The molecule has 0 bridgehead atoms. The first-order valence-corrected chi connectivity index (χ1v) is 9.47. The van der Waals surface area contributed by atoms with Gasteiger partial charge in [0, 0.05) is 31.0 Å². The van der Waals surface area contributed by atoms with Gasteiger partial charge in [0.05, 0.1) is 12.1 Å². The summed E-state index contributed by atoms with van der Waals surface area (Å²) in [6.45, 7) is 7.06. The van der Waals surface area contributed by atoms with Gasteiger partial charge in [0.25, 0.3) is 0 Å². The minimum Gasteiger partial charge on any atom is -0.361 e. The lowest BCUT2D eigenvalue weighted by molar-refractivity contribution is -0.132. The Morgan fingerprint density at radius 1 is 1.15 bits per heavy atom. The van der Waals surface area contributed by atoms with E-state index in [0.29, 0.717) is 12.3 Å². The van der Waals surface area contributed by atoms with Crippen molar-refractivity contribution in [2.45, 2.75) is 64.7 Å². The molecular weight excluding hydrogens is 332 g/mol. The van der Waals surface area contributed by atoms with E-state index in [1.807, 2.05) is 25.7 Å². The van der Waals surface area contributed by atoms with Crippen molar-refractivity contribution in [3.8, 4) is 0 Å². The minimum atomic E-state index is -0.0429. The Balaban J connectivity index is 1.45. The fourth-order valence-electron chi connectivity index (χ4n) is 4.11. The molecule has 4 rings (SSSR count). The molecule has 7 nitrogen and oxygen atoms in total. The summed E-state index contributed by atoms with van der Waals surface area (Å²) in [5.74, 6) is 3.10. The molecule has 0 atom stereocenters. The first-order chi connectivity index (χ1) is 12.5. The van der Waals surface area contributed by atoms with Crippen molar-refractivity contribution in [2.24, 2.45) is 5.92 Å². The van der Waals surface area contributed by atoms with Gasteiger partial charge in [0.1, 0.15) is 5.76 Å². The molecule has 2 aromatic heterocycles. The van der Waals surface area contributed by atoms with Gasteiger partial charge in [0.15, 0.2) is 5.82 Å². The maximum absolute atomic E-state index is 12.8. The van der Waals surface area contributed by atoms with E-state index in [1.165, 1.54) is 12.8 Å². The molecule has 26 heavy (non-hydrogen) atoms. The van der Waals surface area contributed by atoms with Crippen LogP contribution in [-0.2, 0) is 16.6 Å². The molecule has 0 unspecified atom stereocenters. The summed E-state index contributed by atoms with van der Waals surface area (Å²) < 4.78 is 10.4. The van der Waals surface area contributed by atoms with Gasteiger partial charge in [-0.3, -0.25) is 4.79 Å². The molecule has 2 aliphatic rings. The van der Waals surface area contributed by atoms with Crippen molar-refractivity contribution in [1.82, 2.24) is 20.2 Å². The average Bonchev–Trinajstić information content (AvgIpc) is 3.24. The third-order valence-corrected chi connectivity index (χ3v) is 5.96. The molecule has 0 spiro atoms. The first kappa shape index (κ1) is 17.2. The predicted molar refractivity (Wildman–Crippen MR) is 93.5 cm³/mol. The van der Waals surface area contributed by atoms with Gasteiger partial charge in [-0.05, 0) is 39.0 Å². The van der Waals surface area contributed by atoms with Crippen LogP contribution in [0.1, 0.15) is 60.8 Å². The van der Waals surface area contributed by atoms with Crippen molar-refractivity contribution in [3.63, 3.8) is 0 Å². The highest BCUT2D eigenvalue weighted by Gasteiger charge is 2.44. The highest BCUT2D eigenvalue weighted by atomic mass is 16.5. The molecule has 0 radical (unpaired) electrons. The Bertz CT molecular complexity index is 778. The largest absolute Gasteiger partial charge is 0.361 e. The molecule has 1 aliphatic heterocycles. The van der Waals surface area contributed by atoms with E-state index in [2.05, 4.69) is 15.3 Å². The molecule has 3 heterocycles. The standard InChI is InChI=1S/C19H26N4O3/c1-12-16(13(2)25-21-12)10-17(24)23-8-6-19(7-9-23,11-15-4-5-15)18-20-14(3)26-22-18/h15H,4-11H2,1-3H3. The minimum absolute atomic E-state index is 0.0429. The molecular formula is C19H26N4O3. The molecule has 2 aromatic rings. The number of rotatable bonds is 5. The van der Waals surface area contributed by atoms with Gasteiger partial charge in [0.2, 0.25) is 11.8 Å². The van der Waals surface area contributed by atoms with Crippen molar-refractivity contribution >= 4 is 5.91 Å². The Morgan fingerprint density at radius 2 is 1.88 bits per heavy atom. The van der Waals surface area contributed by atoms with Crippen LogP contribution >= 0.6 is 0 Å². The number of hydrogen-bond donors (Lipinski definition) is 0. The van der Waals surface area contributed by atoms with Crippen LogP contribution in [0.15, 0.2) is 9.05 Å². The normalized spacial score (nSPS) is 19.7. The Morgan fingerprint density at radius 3 is 2.42 bits per heavy atom. The molecule has 2 fully saturated rings. The van der Waals surface area contributed by atoms with Crippen molar-refractivity contribution < 1.29 is 13.8 Å². The molecule has 1 amide bonds. The number of likely N-dealkylation sites (tertiary alicyclic amines) is 1. The Hall–Kier alpha value is -2.18. The summed E-state index contributed by atoms with van der Waals surface area (Å²) in [6.07, 6.45) is 5.86. The lowest BCUT2D eigenvalue weighted by Crippen LogP contribution is -2.46. The Labute approximate surface area is 153 Å². The second kappa shape index (κ2) is 6.52. The van der Waals surface area contributed by atoms with Crippen LogP contribution in [0.25, 0.3) is 0 Å². The van der Waals surface area contributed by atoms with Gasteiger partial charge >= 0.3 is 0 Å². The molecule has 1 aliphatic carbocycles. The highest BCUT2D eigenvalue weighted by Crippen LogP contribution is 2.46. The zero-order chi connectivity index (χ0) is 18.3. The predicted octanol–water partition coefficient (Wildman–Crippen LogP) is 2.89. The number of aromatic nitrogens is 3. The smallest absolute Gasteiger partial charge is 0.227 e. The van der Waals surface area contributed by atoms with E-state index in [1.54, 1.807) is 0 Å². The van der Waals surface area contributed by atoms with Crippen molar-refractivity contribution in [1.29, 1.82) is 0 Å². The van der Waals surface area contributed by atoms with E-state index >= 15 is 0 Å². The van der Waals surface area contributed by atoms with Crippen LogP contribution in [0, 0.1) is 26.7 Å². The van der Waals surface area contributed by atoms with E-state index < -0.39 is 0 Å². The summed E-state index contributed by atoms with van der Waals surface area (Å²) in [5.41, 5.74) is 1.68. The molecule has 7 heteroatoms. The van der Waals surface area contributed by atoms with Gasteiger partial charge in [-0.2, -0.15) is 4.98 Å². The quantitative estimate of drug-likeness (QED) is 0.817. The van der Waals surface area contributed by atoms with Crippen LogP contribution in [-0.4, -0.2) is 39.2 Å². The van der Waals surface area contributed by atoms with Gasteiger partial charge in [-0.15, -0.1) is 0 Å². The number of hydrogen-bond acceptors (Lipinski definition) is 6. The summed E-state index contributed by atoms with van der Waals surface area (Å²) in [7, 11) is 0. The van der Waals surface area contributed by atoms with Crippen LogP contribution in [0.2, 0.25) is 0 Å². The number of carbonyl (C=O) groups excluding carboxylic acids is 1. The van der Waals surface area contributed by atoms with Gasteiger partial charge in [-0.1, -0.05) is 23.2 Å². The lowest BCUT2D eigenvalue weighted by atomic mass is 9.73. The van der Waals surface area contributed by atoms with Crippen LogP contribution in [0.5, 0.6) is 0 Å². The third kappa shape index (κ3) is 3.27. The lowest BCUT2D eigenvalue weighted by Gasteiger charge is -2.40. The molecule has 1 saturated carbocycles. The second-order valence-corrected chi connectivity index (χ2v) is 7.93. The van der Waals surface area contributed by atoms with Crippen molar-refractivity contribution in [2.75, 3.05) is 13.1 Å². The zero-order valence-electron chi connectivity index (χ0n) is 15.7. The van der Waals surface area contributed by atoms with Crippen LogP contribution in [0.3, 0.4) is 0 Å². The summed E-state index contributed by atoms with van der Waals surface area (Å²) in [6, 6.07) is 0. The third-order valence-electron chi connectivity index (χ3n) is 5.96. The number of nitrogens with zero attached hydrogens (tertiary/aromatic N) is 4. The number of amides is 1. The monoisotopic (exact) mass is 358 g/mol. The highest BCUT2D eigenvalue weighted by molar-refractivity contribution is 5.79. The first-order valence-electron chi connectivity index (χ1n) is 9.47. The fourth-order valence-corrected chi connectivity index (χ4v) is 4.11. The topological polar surface area (TPSA) is 85.3 Å². The van der Waals surface area contributed by atoms with Crippen molar-refractivity contribution in [3.05, 3.63) is 28.7 Å². The number of carbonyl (C=O) groups is 1. The van der Waals surface area contributed by atoms with E-state index in [4.69, 9.17) is 9.05 Å². The van der Waals surface area contributed by atoms with Gasteiger partial charge in [-0.25, -0.2) is 0 Å². The van der Waals surface area contributed by atoms with E-state index in [9.17, 15) is 4.79 Å². The molecule has 0 aromatic carbocycles. The maximum Gasteiger partial charge on any atom is 0.227 e. The van der Waals surface area contributed by atoms with Gasteiger partial charge < -0.3 is 13.9 Å². The fraction of sp³-hybridized carbons (Fsp3) is 0.684. The van der Waals surface area contributed by atoms with Crippen LogP contribution in [0.4, 0.5) is 0 Å². The number of piperidine rings is 1. The maximum atomic E-state index is 12.8. The summed E-state index contributed by atoms with van der Waals surface area (Å²) >= 11 is 0. The SMILES string of the molecule is Cc1nc(C2(CC3CC3)CCN(C(=O)Cc3c(C)noc3C)CC2)no1. The number of aryl methyl sites for hydroxylation is 3. The summed E-state index contributed by atoms with van der Waals surface area (Å²) in [4.78, 5) is 19.3. The molecule has 1 saturated heterocycles. The average molecular weight is 358 g/mol. The van der Waals surface area contributed by atoms with E-state index in [-0.39, 0.29) is 11.3 Å². The zero-order valence-corrected chi connectivity index (χ0v) is 15.7. The Kier molecular flexibility index (Phi) is 4.32. The molecule has 140 valence electrons. The second-order valence-electron chi connectivity index (χ2n) is 7.93.